The summed E-state index contributed by atoms with van der Waals surface area (Å²) < 4.78 is 11.0. The maximum atomic E-state index is 5.60. The Morgan fingerprint density at radius 3 is 2.79 bits per heavy atom. The summed E-state index contributed by atoms with van der Waals surface area (Å²) in [5.41, 5.74) is 1.19. The van der Waals surface area contributed by atoms with Gasteiger partial charge >= 0.3 is 0 Å². The van der Waals surface area contributed by atoms with Crippen LogP contribution in [-0.4, -0.2) is 20.3 Å². The molecule has 0 aromatic heterocycles. The second-order valence-corrected chi connectivity index (χ2v) is 4.39. The number of ether oxygens (including phenoxy) is 2. The minimum Gasteiger partial charge on any atom is -0.493 e. The van der Waals surface area contributed by atoms with Crippen molar-refractivity contribution in [1.29, 1.82) is 0 Å². The third-order valence-corrected chi connectivity index (χ3v) is 2.89. The molecule has 0 amide bonds. The van der Waals surface area contributed by atoms with E-state index in [2.05, 4.69) is 31.2 Å². The van der Waals surface area contributed by atoms with Crippen molar-refractivity contribution in [3.8, 4) is 23.8 Å². The topological polar surface area (TPSA) is 30.5 Å². The molecule has 0 spiro atoms. The molecule has 0 aliphatic carbocycles. The average molecular weight is 261 g/mol. The molecule has 1 atom stereocenters. The monoisotopic (exact) mass is 261 g/mol. The second kappa shape index (κ2) is 8.44. The molecule has 1 N–H and O–H groups in total. The van der Waals surface area contributed by atoms with Crippen LogP contribution < -0.4 is 14.8 Å². The zero-order valence-corrected chi connectivity index (χ0v) is 12.0. The Bertz CT molecular complexity index is 423. The number of benzene rings is 1. The lowest BCUT2D eigenvalue weighted by atomic mass is 10.1. The van der Waals surface area contributed by atoms with Crippen molar-refractivity contribution in [2.75, 3.05) is 20.3 Å². The fourth-order valence-corrected chi connectivity index (χ4v) is 1.77. The van der Waals surface area contributed by atoms with Crippen LogP contribution in [0.1, 0.15) is 38.3 Å². The van der Waals surface area contributed by atoms with Crippen LogP contribution >= 0.6 is 0 Å². The van der Waals surface area contributed by atoms with Gasteiger partial charge in [-0.25, -0.2) is 0 Å². The van der Waals surface area contributed by atoms with Crippen LogP contribution in [0.2, 0.25) is 0 Å². The molecule has 3 heteroatoms. The van der Waals surface area contributed by atoms with Gasteiger partial charge in [0.25, 0.3) is 0 Å². The van der Waals surface area contributed by atoms with E-state index in [1.54, 1.807) is 7.11 Å². The van der Waals surface area contributed by atoms with Gasteiger partial charge in [-0.2, -0.15) is 0 Å². The summed E-state index contributed by atoms with van der Waals surface area (Å²) in [6.45, 7) is 5.81. The Kier molecular flexibility index (Phi) is 6.84. The summed E-state index contributed by atoms with van der Waals surface area (Å²) in [6.07, 6.45) is 6.92. The molecule has 1 rings (SSSR count). The zero-order valence-electron chi connectivity index (χ0n) is 12.0. The van der Waals surface area contributed by atoms with E-state index in [0.717, 1.165) is 24.5 Å². The van der Waals surface area contributed by atoms with Crippen molar-refractivity contribution >= 4 is 0 Å². The summed E-state index contributed by atoms with van der Waals surface area (Å²) in [7, 11) is 1.65. The third kappa shape index (κ3) is 4.84. The molecule has 0 heterocycles. The van der Waals surface area contributed by atoms with Crippen molar-refractivity contribution in [2.24, 2.45) is 0 Å². The first-order valence-electron chi connectivity index (χ1n) is 6.70. The summed E-state index contributed by atoms with van der Waals surface area (Å²) in [4.78, 5) is 0. The van der Waals surface area contributed by atoms with E-state index in [9.17, 15) is 0 Å². The molecule has 0 aliphatic heterocycles. The number of methoxy groups -OCH3 is 1. The lowest BCUT2D eigenvalue weighted by Gasteiger charge is -2.16. The van der Waals surface area contributed by atoms with Crippen molar-refractivity contribution in [2.45, 2.75) is 32.7 Å². The molecule has 19 heavy (non-hydrogen) atoms. The van der Waals surface area contributed by atoms with Gasteiger partial charge in [0.2, 0.25) is 0 Å². The Morgan fingerprint density at radius 1 is 1.37 bits per heavy atom. The molecule has 0 saturated carbocycles. The largest absolute Gasteiger partial charge is 0.493 e. The van der Waals surface area contributed by atoms with Crippen molar-refractivity contribution in [3.05, 3.63) is 23.8 Å². The third-order valence-electron chi connectivity index (χ3n) is 2.89. The summed E-state index contributed by atoms with van der Waals surface area (Å²) in [6, 6.07) is 6.31. The van der Waals surface area contributed by atoms with E-state index in [-0.39, 0.29) is 0 Å². The minimum absolute atomic E-state index is 0.300. The first-order valence-corrected chi connectivity index (χ1v) is 6.70. The lowest BCUT2D eigenvalue weighted by molar-refractivity contribution is 0.301. The molecule has 0 radical (unpaired) electrons. The maximum absolute atomic E-state index is 5.60. The molecule has 0 fully saturated rings. The van der Waals surface area contributed by atoms with Gasteiger partial charge in [-0.3, -0.25) is 0 Å². The Morgan fingerprint density at radius 2 is 2.16 bits per heavy atom. The van der Waals surface area contributed by atoms with Gasteiger partial charge in [-0.05, 0) is 37.6 Å². The van der Waals surface area contributed by atoms with Crippen molar-refractivity contribution < 1.29 is 9.47 Å². The molecule has 1 aromatic rings. The zero-order chi connectivity index (χ0) is 14.1. The summed E-state index contributed by atoms with van der Waals surface area (Å²) in [5, 5.41) is 3.45. The highest BCUT2D eigenvalue weighted by molar-refractivity contribution is 5.43. The van der Waals surface area contributed by atoms with Crippen LogP contribution in [0, 0.1) is 12.3 Å². The average Bonchev–Trinajstić information content (AvgIpc) is 2.45. The smallest absolute Gasteiger partial charge is 0.161 e. The summed E-state index contributed by atoms with van der Waals surface area (Å²) >= 11 is 0. The molecular weight excluding hydrogens is 238 g/mol. The summed E-state index contributed by atoms with van der Waals surface area (Å²) in [5.74, 6) is 4.04. The molecule has 1 aromatic carbocycles. The van der Waals surface area contributed by atoms with E-state index >= 15 is 0 Å². The predicted octanol–water partition coefficient (Wildman–Crippen LogP) is 3.16. The molecule has 104 valence electrons. The lowest BCUT2D eigenvalue weighted by Crippen LogP contribution is -2.19. The first kappa shape index (κ1) is 15.4. The highest BCUT2D eigenvalue weighted by Gasteiger charge is 2.09. The number of hydrogen-bond acceptors (Lipinski definition) is 3. The van der Waals surface area contributed by atoms with Crippen LogP contribution in [0.25, 0.3) is 0 Å². The van der Waals surface area contributed by atoms with Crippen LogP contribution in [0.3, 0.4) is 0 Å². The Hall–Kier alpha value is -1.66. The molecule has 0 saturated heterocycles. The SMILES string of the molecule is C#CCCOc1ccc(C(C)NCCC)cc1OC. The Balaban J connectivity index is 2.74. The van der Waals surface area contributed by atoms with E-state index < -0.39 is 0 Å². The van der Waals surface area contributed by atoms with Gasteiger partial charge in [0.05, 0.1) is 13.7 Å². The van der Waals surface area contributed by atoms with Crippen molar-refractivity contribution in [3.63, 3.8) is 0 Å². The fraction of sp³-hybridized carbons (Fsp3) is 0.500. The highest BCUT2D eigenvalue weighted by atomic mass is 16.5. The highest BCUT2D eigenvalue weighted by Crippen LogP contribution is 2.30. The number of nitrogens with one attached hydrogen (secondary N) is 1. The standard InChI is InChI=1S/C16H23NO2/c1-5-7-11-19-15-9-8-14(12-16(15)18-4)13(3)17-10-6-2/h1,8-9,12-13,17H,6-7,10-11H2,2-4H3. The first-order chi connectivity index (χ1) is 9.22. The van der Waals surface area contributed by atoms with Gasteiger partial charge in [0.1, 0.15) is 0 Å². The van der Waals surface area contributed by atoms with E-state index in [4.69, 9.17) is 15.9 Å². The quantitative estimate of drug-likeness (QED) is 0.576. The molecular formula is C16H23NO2. The van der Waals surface area contributed by atoms with Gasteiger partial charge in [-0.1, -0.05) is 13.0 Å². The van der Waals surface area contributed by atoms with Gasteiger partial charge in [0.15, 0.2) is 11.5 Å². The van der Waals surface area contributed by atoms with Crippen LogP contribution in [0.15, 0.2) is 18.2 Å². The normalized spacial score (nSPS) is 11.7. The van der Waals surface area contributed by atoms with Gasteiger partial charge < -0.3 is 14.8 Å². The van der Waals surface area contributed by atoms with E-state index in [1.807, 2.05) is 12.1 Å². The molecule has 1 unspecified atom stereocenters. The number of rotatable bonds is 8. The Labute approximate surface area is 116 Å². The van der Waals surface area contributed by atoms with Crippen LogP contribution in [-0.2, 0) is 0 Å². The van der Waals surface area contributed by atoms with Crippen LogP contribution in [0.5, 0.6) is 11.5 Å². The predicted molar refractivity (Wildman–Crippen MR) is 78.6 cm³/mol. The minimum atomic E-state index is 0.300. The number of hydrogen-bond donors (Lipinski definition) is 1. The molecule has 3 nitrogen and oxygen atoms in total. The maximum Gasteiger partial charge on any atom is 0.161 e. The van der Waals surface area contributed by atoms with Crippen LogP contribution in [0.4, 0.5) is 0 Å². The van der Waals surface area contributed by atoms with E-state index in [0.29, 0.717) is 19.1 Å². The second-order valence-electron chi connectivity index (χ2n) is 4.39. The van der Waals surface area contributed by atoms with E-state index in [1.165, 1.54) is 5.56 Å². The van der Waals surface area contributed by atoms with Gasteiger partial charge in [-0.15, -0.1) is 12.3 Å². The van der Waals surface area contributed by atoms with Gasteiger partial charge in [0, 0.05) is 12.5 Å². The van der Waals surface area contributed by atoms with Crippen molar-refractivity contribution in [1.82, 2.24) is 5.32 Å². The molecule has 0 aliphatic rings. The fourth-order valence-electron chi connectivity index (χ4n) is 1.77. The number of terminal acetylenes is 1. The molecule has 0 bridgehead atoms.